The van der Waals surface area contributed by atoms with Gasteiger partial charge in [-0.05, 0) is 49.8 Å². The van der Waals surface area contributed by atoms with E-state index in [-0.39, 0.29) is 12.4 Å². The number of halogens is 1. The van der Waals surface area contributed by atoms with E-state index in [1.807, 2.05) is 13.0 Å². The largest absolute Gasteiger partial charge is 0.461 e. The molecule has 3 aromatic rings. The van der Waals surface area contributed by atoms with Crippen LogP contribution in [-0.4, -0.2) is 19.0 Å². The van der Waals surface area contributed by atoms with E-state index < -0.39 is 0 Å². The Bertz CT molecular complexity index is 746. The molecule has 0 saturated heterocycles. The molecule has 0 radical (unpaired) electrons. The van der Waals surface area contributed by atoms with Gasteiger partial charge < -0.3 is 9.32 Å². The summed E-state index contributed by atoms with van der Waals surface area (Å²) >= 11 is 0. The predicted molar refractivity (Wildman–Crippen MR) is 91.0 cm³/mol. The second-order valence-corrected chi connectivity index (χ2v) is 5.47. The molecule has 0 aliphatic rings. The van der Waals surface area contributed by atoms with Gasteiger partial charge in [0.05, 0.1) is 0 Å². The van der Waals surface area contributed by atoms with E-state index in [9.17, 15) is 0 Å². The third kappa shape index (κ3) is 3.12. The zero-order valence-corrected chi connectivity index (χ0v) is 13.4. The number of hydrogen-bond acceptors (Lipinski definition) is 2. The fourth-order valence-electron chi connectivity index (χ4n) is 2.68. The minimum absolute atomic E-state index is 0. The second kappa shape index (κ2) is 6.33. The summed E-state index contributed by atoms with van der Waals surface area (Å²) in [5.41, 5.74) is 4.83. The van der Waals surface area contributed by atoms with Gasteiger partial charge >= 0.3 is 0 Å². The van der Waals surface area contributed by atoms with Crippen molar-refractivity contribution in [3.63, 3.8) is 0 Å². The minimum Gasteiger partial charge on any atom is -0.461 e. The average Bonchev–Trinajstić information content (AvgIpc) is 2.79. The van der Waals surface area contributed by atoms with E-state index in [0.717, 1.165) is 17.9 Å². The topological polar surface area (TPSA) is 16.4 Å². The van der Waals surface area contributed by atoms with Crippen molar-refractivity contribution in [2.75, 3.05) is 14.1 Å². The van der Waals surface area contributed by atoms with Gasteiger partial charge in [0.25, 0.3) is 0 Å². The summed E-state index contributed by atoms with van der Waals surface area (Å²) in [7, 11) is 4.19. The molecule has 0 aliphatic carbocycles. The fourth-order valence-corrected chi connectivity index (χ4v) is 2.68. The molecule has 0 aliphatic heterocycles. The standard InChI is InChI=1S/C18H19NO.ClH/c1-13-11-17-16(9-6-10-18(17)20-13)15-8-5-4-7-14(15)12-19(2)3;/h4-11H,12H2,1-3H3;1H. The van der Waals surface area contributed by atoms with Gasteiger partial charge in [0.1, 0.15) is 11.3 Å². The SMILES string of the molecule is Cc1cc2c(-c3ccccc3CN(C)C)cccc2o1.Cl. The fraction of sp³-hybridized carbons (Fsp3) is 0.222. The van der Waals surface area contributed by atoms with E-state index in [4.69, 9.17) is 4.42 Å². The lowest BCUT2D eigenvalue weighted by atomic mass is 9.96. The van der Waals surface area contributed by atoms with Crippen molar-refractivity contribution in [3.05, 3.63) is 59.9 Å². The maximum absolute atomic E-state index is 5.74. The molecule has 110 valence electrons. The number of furan rings is 1. The molecule has 0 unspecified atom stereocenters. The van der Waals surface area contributed by atoms with Crippen molar-refractivity contribution in [3.8, 4) is 11.1 Å². The van der Waals surface area contributed by atoms with Crippen molar-refractivity contribution in [2.45, 2.75) is 13.5 Å². The molecule has 21 heavy (non-hydrogen) atoms. The Morgan fingerprint density at radius 3 is 2.43 bits per heavy atom. The Hall–Kier alpha value is -1.77. The summed E-state index contributed by atoms with van der Waals surface area (Å²) in [6.07, 6.45) is 0. The van der Waals surface area contributed by atoms with Crippen LogP contribution in [0.3, 0.4) is 0 Å². The van der Waals surface area contributed by atoms with Crippen LogP contribution in [0, 0.1) is 6.92 Å². The lowest BCUT2D eigenvalue weighted by Gasteiger charge is -2.14. The average molecular weight is 302 g/mol. The first kappa shape index (κ1) is 15.6. The number of hydrogen-bond donors (Lipinski definition) is 0. The summed E-state index contributed by atoms with van der Waals surface area (Å²) in [5, 5.41) is 1.19. The Kier molecular flexibility index (Phi) is 4.71. The van der Waals surface area contributed by atoms with Gasteiger partial charge in [0.2, 0.25) is 0 Å². The lowest BCUT2D eigenvalue weighted by Crippen LogP contribution is -2.11. The molecular formula is C18H20ClNO. The van der Waals surface area contributed by atoms with Crippen LogP contribution >= 0.6 is 12.4 Å². The van der Waals surface area contributed by atoms with Gasteiger partial charge in [-0.3, -0.25) is 0 Å². The Labute approximate surface area is 131 Å². The predicted octanol–water partition coefficient (Wildman–Crippen LogP) is 4.89. The normalized spacial score (nSPS) is 10.9. The highest BCUT2D eigenvalue weighted by molar-refractivity contribution is 5.95. The van der Waals surface area contributed by atoms with Crippen LogP contribution in [0.5, 0.6) is 0 Å². The Morgan fingerprint density at radius 2 is 1.67 bits per heavy atom. The Morgan fingerprint density at radius 1 is 0.952 bits per heavy atom. The first-order chi connectivity index (χ1) is 9.65. The van der Waals surface area contributed by atoms with Crippen LogP contribution < -0.4 is 0 Å². The van der Waals surface area contributed by atoms with Crippen LogP contribution in [0.25, 0.3) is 22.1 Å². The van der Waals surface area contributed by atoms with Crippen LogP contribution in [0.4, 0.5) is 0 Å². The van der Waals surface area contributed by atoms with Gasteiger partial charge in [0, 0.05) is 11.9 Å². The molecule has 0 amide bonds. The monoisotopic (exact) mass is 301 g/mol. The van der Waals surface area contributed by atoms with Gasteiger partial charge in [-0.15, -0.1) is 12.4 Å². The molecule has 0 saturated carbocycles. The van der Waals surface area contributed by atoms with Crippen LogP contribution in [0.15, 0.2) is 52.9 Å². The van der Waals surface area contributed by atoms with Crippen molar-refractivity contribution in [2.24, 2.45) is 0 Å². The maximum atomic E-state index is 5.74. The third-order valence-corrected chi connectivity index (χ3v) is 3.48. The highest BCUT2D eigenvalue weighted by atomic mass is 35.5. The zero-order valence-electron chi connectivity index (χ0n) is 12.6. The first-order valence-electron chi connectivity index (χ1n) is 6.87. The van der Waals surface area contributed by atoms with Gasteiger partial charge in [-0.1, -0.05) is 36.4 Å². The number of rotatable bonds is 3. The summed E-state index contributed by atoms with van der Waals surface area (Å²) in [4.78, 5) is 2.19. The number of benzene rings is 2. The molecule has 0 N–H and O–H groups in total. The zero-order chi connectivity index (χ0) is 14.1. The molecule has 0 spiro atoms. The second-order valence-electron chi connectivity index (χ2n) is 5.47. The smallest absolute Gasteiger partial charge is 0.134 e. The van der Waals surface area contributed by atoms with E-state index in [0.29, 0.717) is 0 Å². The van der Waals surface area contributed by atoms with Gasteiger partial charge in [0.15, 0.2) is 0 Å². The summed E-state index contributed by atoms with van der Waals surface area (Å²) in [6.45, 7) is 2.93. The number of nitrogens with zero attached hydrogens (tertiary/aromatic N) is 1. The quantitative estimate of drug-likeness (QED) is 0.684. The molecule has 0 atom stereocenters. The molecule has 3 heteroatoms. The van der Waals surface area contributed by atoms with Crippen molar-refractivity contribution >= 4 is 23.4 Å². The van der Waals surface area contributed by atoms with Crippen LogP contribution in [-0.2, 0) is 6.54 Å². The third-order valence-electron chi connectivity index (χ3n) is 3.48. The minimum atomic E-state index is 0. The number of fused-ring (bicyclic) bond motifs is 1. The molecular weight excluding hydrogens is 282 g/mol. The Balaban J connectivity index is 0.00000161. The molecule has 1 heterocycles. The summed E-state index contributed by atoms with van der Waals surface area (Å²) in [5.74, 6) is 0.956. The molecule has 2 nitrogen and oxygen atoms in total. The summed E-state index contributed by atoms with van der Waals surface area (Å²) < 4.78 is 5.74. The molecule has 0 bridgehead atoms. The van der Waals surface area contributed by atoms with E-state index >= 15 is 0 Å². The summed E-state index contributed by atoms with van der Waals surface area (Å²) in [6, 6.07) is 17.0. The van der Waals surface area contributed by atoms with Crippen molar-refractivity contribution < 1.29 is 4.42 Å². The molecule has 0 fully saturated rings. The van der Waals surface area contributed by atoms with E-state index in [1.54, 1.807) is 0 Å². The first-order valence-corrected chi connectivity index (χ1v) is 6.87. The number of aryl methyl sites for hydroxylation is 1. The van der Waals surface area contributed by atoms with Crippen LogP contribution in [0.1, 0.15) is 11.3 Å². The van der Waals surface area contributed by atoms with E-state index in [1.165, 1.54) is 22.1 Å². The molecule has 2 aromatic carbocycles. The van der Waals surface area contributed by atoms with Gasteiger partial charge in [-0.25, -0.2) is 0 Å². The van der Waals surface area contributed by atoms with Gasteiger partial charge in [-0.2, -0.15) is 0 Å². The van der Waals surface area contributed by atoms with Crippen LogP contribution in [0.2, 0.25) is 0 Å². The lowest BCUT2D eigenvalue weighted by molar-refractivity contribution is 0.403. The molecule has 3 rings (SSSR count). The highest BCUT2D eigenvalue weighted by Crippen LogP contribution is 2.33. The van der Waals surface area contributed by atoms with Crippen molar-refractivity contribution in [1.29, 1.82) is 0 Å². The molecule has 1 aromatic heterocycles. The van der Waals surface area contributed by atoms with E-state index in [2.05, 4.69) is 61.5 Å². The maximum Gasteiger partial charge on any atom is 0.134 e. The van der Waals surface area contributed by atoms with Crippen molar-refractivity contribution in [1.82, 2.24) is 4.90 Å². The highest BCUT2D eigenvalue weighted by Gasteiger charge is 2.11.